The van der Waals surface area contributed by atoms with Gasteiger partial charge in [-0.15, -0.1) is 0 Å². The third-order valence-corrected chi connectivity index (χ3v) is 10.3. The number of para-hydroxylation sites is 2. The van der Waals surface area contributed by atoms with Gasteiger partial charge in [0.05, 0.1) is 11.0 Å². The summed E-state index contributed by atoms with van der Waals surface area (Å²) in [5.41, 5.74) is 11.7. The minimum absolute atomic E-state index is 0.116. The molecule has 1 aliphatic carbocycles. The molecule has 1 nitrogen and oxygen atoms in total. The average Bonchev–Trinajstić information content (AvgIpc) is 3.51. The van der Waals surface area contributed by atoms with E-state index in [1.54, 1.807) is 0 Å². The van der Waals surface area contributed by atoms with Crippen molar-refractivity contribution >= 4 is 54.1 Å². The molecule has 10 rings (SSSR count). The van der Waals surface area contributed by atoms with Gasteiger partial charge in [0.15, 0.2) is 0 Å². The molecule has 0 radical (unpaired) electrons. The lowest BCUT2D eigenvalue weighted by molar-refractivity contribution is 0.661. The first-order valence-electron chi connectivity index (χ1n) is 15.5. The Kier molecular flexibility index (Phi) is 4.58. The Bertz CT molecular complexity index is 2600. The second-order valence-electron chi connectivity index (χ2n) is 13.0. The molecule has 0 aliphatic heterocycles. The fourth-order valence-corrected chi connectivity index (χ4v) is 8.21. The van der Waals surface area contributed by atoms with Gasteiger partial charge in [0, 0.05) is 21.9 Å². The van der Waals surface area contributed by atoms with Crippen molar-refractivity contribution in [2.24, 2.45) is 0 Å². The lowest BCUT2D eigenvalue weighted by Gasteiger charge is -2.22. The van der Waals surface area contributed by atoms with Crippen molar-refractivity contribution in [3.8, 4) is 27.9 Å². The summed E-state index contributed by atoms with van der Waals surface area (Å²) < 4.78 is 2.43. The van der Waals surface area contributed by atoms with Crippen LogP contribution in [0.2, 0.25) is 0 Å². The summed E-state index contributed by atoms with van der Waals surface area (Å²) in [6.07, 6.45) is 0. The molecule has 1 heterocycles. The highest BCUT2D eigenvalue weighted by atomic mass is 15.0. The van der Waals surface area contributed by atoms with E-state index < -0.39 is 0 Å². The van der Waals surface area contributed by atoms with Crippen molar-refractivity contribution in [1.82, 2.24) is 4.57 Å². The van der Waals surface area contributed by atoms with E-state index in [2.05, 4.69) is 158 Å². The highest BCUT2D eigenvalue weighted by Gasteiger charge is 2.36. The van der Waals surface area contributed by atoms with Gasteiger partial charge in [0.2, 0.25) is 0 Å². The Morgan fingerprint density at radius 3 is 1.95 bits per heavy atom. The highest BCUT2D eigenvalue weighted by Crippen LogP contribution is 2.52. The van der Waals surface area contributed by atoms with Crippen molar-refractivity contribution in [3.05, 3.63) is 151 Å². The molecule has 0 saturated heterocycles. The molecule has 1 heteroatoms. The first-order valence-corrected chi connectivity index (χ1v) is 15.5. The lowest BCUT2D eigenvalue weighted by Crippen LogP contribution is -2.15. The Morgan fingerprint density at radius 1 is 0.432 bits per heavy atom. The normalized spacial score (nSPS) is 13.9. The number of aromatic nitrogens is 1. The zero-order chi connectivity index (χ0) is 29.2. The Hall–Kier alpha value is -5.40. The van der Waals surface area contributed by atoms with Crippen molar-refractivity contribution in [1.29, 1.82) is 0 Å². The largest absolute Gasteiger partial charge is 0.309 e. The summed E-state index contributed by atoms with van der Waals surface area (Å²) in [6, 6.07) is 52.1. The molecule has 206 valence electrons. The third-order valence-electron chi connectivity index (χ3n) is 10.3. The van der Waals surface area contributed by atoms with Crippen LogP contribution in [0.25, 0.3) is 82.1 Å². The molecule has 0 N–H and O–H groups in total. The molecular formula is C43H29N. The standard InChI is InChI=1S/C43H29N/c1-43(2)37-23-29(31-20-17-28-16-15-26-9-8-10-27-18-22-34(31)42(28)41(26)27)19-21-32(37)35-25-40-36(24-38(35)43)33-13-6-7-14-39(33)44(40)30-11-4-3-5-12-30/h3-25H,1-2H3. The molecule has 0 bridgehead atoms. The number of hydrogen-bond donors (Lipinski definition) is 0. The smallest absolute Gasteiger partial charge is 0.0547 e. The topological polar surface area (TPSA) is 4.93 Å². The van der Waals surface area contributed by atoms with E-state index >= 15 is 0 Å². The first kappa shape index (κ1) is 24.1. The molecular weight excluding hydrogens is 530 g/mol. The Balaban J connectivity index is 1.21. The molecule has 1 aromatic heterocycles. The van der Waals surface area contributed by atoms with Crippen LogP contribution in [0.5, 0.6) is 0 Å². The van der Waals surface area contributed by atoms with Crippen LogP contribution in [0.15, 0.2) is 140 Å². The van der Waals surface area contributed by atoms with Gasteiger partial charge in [-0.1, -0.05) is 117 Å². The quantitative estimate of drug-likeness (QED) is 0.186. The number of benzene rings is 8. The third kappa shape index (κ3) is 3.04. The summed E-state index contributed by atoms with van der Waals surface area (Å²) in [5.74, 6) is 0. The van der Waals surface area contributed by atoms with E-state index in [4.69, 9.17) is 0 Å². The second-order valence-corrected chi connectivity index (χ2v) is 13.0. The van der Waals surface area contributed by atoms with Gasteiger partial charge in [-0.3, -0.25) is 0 Å². The van der Waals surface area contributed by atoms with Crippen LogP contribution >= 0.6 is 0 Å². The maximum Gasteiger partial charge on any atom is 0.0547 e. The van der Waals surface area contributed by atoms with Crippen LogP contribution in [-0.2, 0) is 5.41 Å². The van der Waals surface area contributed by atoms with Crippen LogP contribution in [0.1, 0.15) is 25.0 Å². The van der Waals surface area contributed by atoms with Crippen molar-refractivity contribution < 1.29 is 0 Å². The highest BCUT2D eigenvalue weighted by molar-refractivity contribution is 6.25. The molecule has 0 saturated carbocycles. The van der Waals surface area contributed by atoms with Gasteiger partial charge in [0.25, 0.3) is 0 Å². The SMILES string of the molecule is CC1(C)c2cc(-c3ccc4ccc5cccc6ccc3c4c56)ccc2-c2cc3c(cc21)c1ccccc1n3-c1ccccc1. The van der Waals surface area contributed by atoms with Gasteiger partial charge in [-0.2, -0.15) is 0 Å². The molecule has 1 aliphatic rings. The molecule has 0 amide bonds. The number of rotatable bonds is 2. The van der Waals surface area contributed by atoms with Crippen LogP contribution in [0.3, 0.4) is 0 Å². The van der Waals surface area contributed by atoms with E-state index in [9.17, 15) is 0 Å². The van der Waals surface area contributed by atoms with Crippen molar-refractivity contribution in [2.45, 2.75) is 19.3 Å². The molecule has 0 unspecified atom stereocenters. The minimum Gasteiger partial charge on any atom is -0.309 e. The van der Waals surface area contributed by atoms with Crippen molar-refractivity contribution in [3.63, 3.8) is 0 Å². The average molecular weight is 560 g/mol. The van der Waals surface area contributed by atoms with Crippen molar-refractivity contribution in [2.75, 3.05) is 0 Å². The molecule has 44 heavy (non-hydrogen) atoms. The summed E-state index contributed by atoms with van der Waals surface area (Å²) >= 11 is 0. The van der Waals surface area contributed by atoms with E-state index in [0.717, 1.165) is 0 Å². The molecule has 8 aromatic carbocycles. The van der Waals surface area contributed by atoms with Gasteiger partial charge in [-0.05, 0) is 102 Å². The maximum atomic E-state index is 2.47. The summed E-state index contributed by atoms with van der Waals surface area (Å²) in [7, 11) is 0. The fourth-order valence-electron chi connectivity index (χ4n) is 8.21. The van der Waals surface area contributed by atoms with Gasteiger partial charge >= 0.3 is 0 Å². The summed E-state index contributed by atoms with van der Waals surface area (Å²) in [4.78, 5) is 0. The lowest BCUT2D eigenvalue weighted by atomic mass is 9.81. The molecule has 0 fully saturated rings. The predicted molar refractivity (Wildman–Crippen MR) is 187 cm³/mol. The van der Waals surface area contributed by atoms with Crippen LogP contribution < -0.4 is 0 Å². The minimum atomic E-state index is -0.116. The van der Waals surface area contributed by atoms with E-state index in [0.29, 0.717) is 0 Å². The molecule has 9 aromatic rings. The Labute approximate surface area is 255 Å². The predicted octanol–water partition coefficient (Wildman–Crippen LogP) is 11.7. The zero-order valence-electron chi connectivity index (χ0n) is 24.7. The molecule has 0 spiro atoms. The zero-order valence-corrected chi connectivity index (χ0v) is 24.7. The first-order chi connectivity index (χ1) is 21.6. The second kappa shape index (κ2) is 8.36. The summed E-state index contributed by atoms with van der Waals surface area (Å²) in [6.45, 7) is 4.79. The monoisotopic (exact) mass is 559 g/mol. The van der Waals surface area contributed by atoms with Crippen LogP contribution in [0, 0.1) is 0 Å². The van der Waals surface area contributed by atoms with E-state index in [1.165, 1.54) is 93.2 Å². The molecule has 0 atom stereocenters. The number of fused-ring (bicyclic) bond motifs is 6. The van der Waals surface area contributed by atoms with E-state index in [1.807, 2.05) is 0 Å². The fraction of sp³-hybridized carbons (Fsp3) is 0.0698. The van der Waals surface area contributed by atoms with Crippen LogP contribution in [-0.4, -0.2) is 4.57 Å². The number of nitrogens with zero attached hydrogens (tertiary/aromatic N) is 1. The maximum absolute atomic E-state index is 2.47. The number of hydrogen-bond acceptors (Lipinski definition) is 0. The van der Waals surface area contributed by atoms with Gasteiger partial charge < -0.3 is 4.57 Å². The summed E-state index contributed by atoms with van der Waals surface area (Å²) in [5, 5.41) is 10.6. The Morgan fingerprint density at radius 2 is 1.11 bits per heavy atom. The van der Waals surface area contributed by atoms with E-state index in [-0.39, 0.29) is 5.41 Å². The van der Waals surface area contributed by atoms with Crippen LogP contribution in [0.4, 0.5) is 0 Å². The van der Waals surface area contributed by atoms with Gasteiger partial charge in [-0.25, -0.2) is 0 Å². The van der Waals surface area contributed by atoms with Gasteiger partial charge in [0.1, 0.15) is 0 Å².